The topological polar surface area (TPSA) is 120 Å². The van der Waals surface area contributed by atoms with E-state index < -0.39 is 15.9 Å². The molecule has 0 fully saturated rings. The van der Waals surface area contributed by atoms with E-state index in [1.54, 1.807) is 36.4 Å². The number of halogens is 1. The Morgan fingerprint density at radius 3 is 2.62 bits per heavy atom. The molecule has 0 atom stereocenters. The first kappa shape index (κ1) is 18.1. The van der Waals surface area contributed by atoms with Crippen molar-refractivity contribution in [1.29, 1.82) is 0 Å². The Bertz CT molecular complexity index is 1050. The highest BCUT2D eigenvalue weighted by Gasteiger charge is 2.12. The molecule has 0 aliphatic heterocycles. The summed E-state index contributed by atoms with van der Waals surface area (Å²) in [5, 5.41) is 16.5. The summed E-state index contributed by atoms with van der Waals surface area (Å²) in [6.07, 6.45) is 1.34. The first-order chi connectivity index (χ1) is 12.3. The Labute approximate surface area is 154 Å². The Morgan fingerprint density at radius 2 is 1.92 bits per heavy atom. The smallest absolute Gasteiger partial charge is 0.273 e. The summed E-state index contributed by atoms with van der Waals surface area (Å²) < 4.78 is 22.7. The van der Waals surface area contributed by atoms with Crippen LogP contribution in [0.1, 0.15) is 16.1 Å². The summed E-state index contributed by atoms with van der Waals surface area (Å²) in [6.45, 7) is 0.121. The average molecular weight is 392 g/mol. The fourth-order valence-electron chi connectivity index (χ4n) is 2.17. The molecule has 0 bridgehead atoms. The largest absolute Gasteiger partial charge is 0.347 e. The third-order valence-electron chi connectivity index (χ3n) is 3.46. The minimum atomic E-state index is -3.79. The van der Waals surface area contributed by atoms with E-state index in [4.69, 9.17) is 16.7 Å². The Hall–Kier alpha value is -2.75. The summed E-state index contributed by atoms with van der Waals surface area (Å²) >= 11 is 5.83. The van der Waals surface area contributed by atoms with Crippen molar-refractivity contribution < 1.29 is 13.2 Å². The van der Waals surface area contributed by atoms with Gasteiger partial charge in [-0.1, -0.05) is 23.7 Å². The lowest BCUT2D eigenvalue weighted by Crippen LogP contribution is -2.23. The SMILES string of the molecule is NS(=O)(=O)c1cccc(CNC(=O)c2cnn(-c3ccc(Cl)cc3)n2)c1. The first-order valence-corrected chi connectivity index (χ1v) is 9.33. The van der Waals surface area contributed by atoms with E-state index in [1.165, 1.54) is 23.1 Å². The number of sulfonamides is 1. The number of nitrogens with zero attached hydrogens (tertiary/aromatic N) is 3. The third-order valence-corrected chi connectivity index (χ3v) is 4.63. The summed E-state index contributed by atoms with van der Waals surface area (Å²) in [5.74, 6) is -0.439. The molecule has 0 aliphatic rings. The van der Waals surface area contributed by atoms with Crippen LogP contribution in [0.5, 0.6) is 0 Å². The molecule has 3 N–H and O–H groups in total. The quantitative estimate of drug-likeness (QED) is 0.682. The molecule has 8 nitrogen and oxygen atoms in total. The highest BCUT2D eigenvalue weighted by Crippen LogP contribution is 2.12. The van der Waals surface area contributed by atoms with E-state index in [0.717, 1.165) is 0 Å². The van der Waals surface area contributed by atoms with Gasteiger partial charge in [0.1, 0.15) is 0 Å². The molecule has 0 spiro atoms. The van der Waals surface area contributed by atoms with Crippen LogP contribution in [0.4, 0.5) is 0 Å². The lowest BCUT2D eigenvalue weighted by atomic mass is 10.2. The zero-order chi connectivity index (χ0) is 18.7. The van der Waals surface area contributed by atoms with Gasteiger partial charge in [-0.25, -0.2) is 13.6 Å². The number of hydrogen-bond acceptors (Lipinski definition) is 5. The zero-order valence-corrected chi connectivity index (χ0v) is 14.9. The number of amides is 1. The Balaban J connectivity index is 1.69. The molecule has 0 unspecified atom stereocenters. The van der Waals surface area contributed by atoms with Gasteiger partial charge in [0.05, 0.1) is 16.8 Å². The maximum atomic E-state index is 12.2. The number of aromatic nitrogens is 3. The zero-order valence-electron chi connectivity index (χ0n) is 13.3. The van der Waals surface area contributed by atoms with E-state index in [0.29, 0.717) is 16.3 Å². The van der Waals surface area contributed by atoms with Crippen LogP contribution in [-0.4, -0.2) is 29.3 Å². The van der Waals surface area contributed by atoms with Crippen molar-refractivity contribution in [1.82, 2.24) is 20.3 Å². The maximum Gasteiger partial charge on any atom is 0.273 e. The number of nitrogens with two attached hydrogens (primary N) is 1. The van der Waals surface area contributed by atoms with Crippen molar-refractivity contribution in [2.45, 2.75) is 11.4 Å². The predicted molar refractivity (Wildman–Crippen MR) is 95.4 cm³/mol. The lowest BCUT2D eigenvalue weighted by molar-refractivity contribution is 0.0945. The van der Waals surface area contributed by atoms with Crippen molar-refractivity contribution in [3.63, 3.8) is 0 Å². The molecular weight excluding hydrogens is 378 g/mol. The van der Waals surface area contributed by atoms with Gasteiger partial charge in [-0.05, 0) is 42.0 Å². The molecule has 0 aliphatic carbocycles. The van der Waals surface area contributed by atoms with Crippen molar-refractivity contribution in [3.8, 4) is 5.69 Å². The van der Waals surface area contributed by atoms with E-state index in [1.807, 2.05) is 0 Å². The normalized spacial score (nSPS) is 11.3. The van der Waals surface area contributed by atoms with E-state index in [-0.39, 0.29) is 17.1 Å². The van der Waals surface area contributed by atoms with Crippen molar-refractivity contribution >= 4 is 27.5 Å². The molecule has 0 saturated heterocycles. The van der Waals surface area contributed by atoms with Crippen LogP contribution in [0.3, 0.4) is 0 Å². The van der Waals surface area contributed by atoms with E-state index in [2.05, 4.69) is 15.5 Å². The minimum absolute atomic E-state index is 0.0158. The summed E-state index contributed by atoms with van der Waals surface area (Å²) in [4.78, 5) is 13.5. The van der Waals surface area contributed by atoms with Crippen LogP contribution in [0.15, 0.2) is 59.6 Å². The van der Waals surface area contributed by atoms with Crippen molar-refractivity contribution in [2.24, 2.45) is 5.14 Å². The second kappa shape index (κ2) is 7.24. The van der Waals surface area contributed by atoms with E-state index in [9.17, 15) is 13.2 Å². The van der Waals surface area contributed by atoms with Gasteiger partial charge < -0.3 is 5.32 Å². The van der Waals surface area contributed by atoms with Gasteiger partial charge in [-0.15, -0.1) is 5.10 Å². The molecular formula is C16H14ClN5O3S. The molecule has 26 heavy (non-hydrogen) atoms. The van der Waals surface area contributed by atoms with Gasteiger partial charge in [0.2, 0.25) is 10.0 Å². The van der Waals surface area contributed by atoms with Gasteiger partial charge in [-0.3, -0.25) is 4.79 Å². The Morgan fingerprint density at radius 1 is 1.19 bits per heavy atom. The van der Waals surface area contributed by atoms with Gasteiger partial charge >= 0.3 is 0 Å². The maximum absolute atomic E-state index is 12.2. The molecule has 2 aromatic carbocycles. The Kier molecular flexibility index (Phi) is 5.03. The molecule has 134 valence electrons. The third kappa shape index (κ3) is 4.26. The molecule has 1 amide bonds. The van der Waals surface area contributed by atoms with Crippen LogP contribution in [0.2, 0.25) is 5.02 Å². The van der Waals surface area contributed by atoms with Crippen molar-refractivity contribution in [3.05, 3.63) is 71.0 Å². The molecule has 0 saturated carbocycles. The molecule has 0 radical (unpaired) electrons. The summed E-state index contributed by atoms with van der Waals surface area (Å²) in [6, 6.07) is 12.9. The number of hydrogen-bond donors (Lipinski definition) is 2. The van der Waals surface area contributed by atoms with E-state index >= 15 is 0 Å². The molecule has 1 heterocycles. The van der Waals surface area contributed by atoms with Crippen LogP contribution in [-0.2, 0) is 16.6 Å². The van der Waals surface area contributed by atoms with Gasteiger partial charge in [0, 0.05) is 11.6 Å². The fourth-order valence-corrected chi connectivity index (χ4v) is 2.88. The van der Waals surface area contributed by atoms with Crippen molar-refractivity contribution in [2.75, 3.05) is 0 Å². The highest BCUT2D eigenvalue weighted by molar-refractivity contribution is 7.89. The van der Waals surface area contributed by atoms with Gasteiger partial charge in [-0.2, -0.15) is 9.90 Å². The highest BCUT2D eigenvalue weighted by atomic mass is 35.5. The van der Waals surface area contributed by atoms with Gasteiger partial charge in [0.25, 0.3) is 5.91 Å². The molecule has 10 heteroatoms. The number of carbonyl (C=O) groups is 1. The molecule has 3 rings (SSSR count). The fraction of sp³-hybridized carbons (Fsp3) is 0.0625. The number of rotatable bonds is 5. The monoisotopic (exact) mass is 391 g/mol. The first-order valence-electron chi connectivity index (χ1n) is 7.41. The number of benzene rings is 2. The predicted octanol–water partition coefficient (Wildman–Crippen LogP) is 1.50. The number of carbonyl (C=O) groups excluding carboxylic acids is 1. The molecule has 1 aromatic heterocycles. The standard InChI is InChI=1S/C16H14ClN5O3S/c17-12-4-6-13(7-5-12)22-20-10-15(21-22)16(23)19-9-11-2-1-3-14(8-11)26(18,24)25/h1-8,10H,9H2,(H,19,23)(H2,18,24,25). The second-order valence-corrected chi connectivity index (χ2v) is 7.37. The number of primary sulfonamides is 1. The van der Waals surface area contributed by atoms with Crippen LogP contribution < -0.4 is 10.5 Å². The minimum Gasteiger partial charge on any atom is -0.347 e. The second-order valence-electron chi connectivity index (χ2n) is 5.37. The lowest BCUT2D eigenvalue weighted by Gasteiger charge is -2.05. The molecule has 3 aromatic rings. The van der Waals surface area contributed by atoms with Crippen LogP contribution in [0.25, 0.3) is 5.69 Å². The van der Waals surface area contributed by atoms with Crippen LogP contribution in [0, 0.1) is 0 Å². The summed E-state index contributed by atoms with van der Waals surface area (Å²) in [7, 11) is -3.79. The summed E-state index contributed by atoms with van der Waals surface area (Å²) in [5.41, 5.74) is 1.38. The number of nitrogens with one attached hydrogen (secondary N) is 1. The van der Waals surface area contributed by atoms with Gasteiger partial charge in [0.15, 0.2) is 5.69 Å². The average Bonchev–Trinajstić information content (AvgIpc) is 3.10. The van der Waals surface area contributed by atoms with Crippen LogP contribution >= 0.6 is 11.6 Å².